The van der Waals surface area contributed by atoms with Crippen LogP contribution in [0, 0.1) is 6.92 Å². The van der Waals surface area contributed by atoms with E-state index in [-0.39, 0.29) is 5.97 Å². The second-order valence-electron chi connectivity index (χ2n) is 6.54. The quantitative estimate of drug-likeness (QED) is 0.345. The number of nitrogens with one attached hydrogen (secondary N) is 2. The zero-order valence-electron chi connectivity index (χ0n) is 18.3. The molecule has 0 amide bonds. The lowest BCUT2D eigenvalue weighted by Crippen LogP contribution is -2.03. The molecule has 3 heterocycles. The Morgan fingerprint density at radius 2 is 2.03 bits per heavy atom. The molecule has 0 fully saturated rings. The summed E-state index contributed by atoms with van der Waals surface area (Å²) in [6, 6.07) is 9.47. The fourth-order valence-electron chi connectivity index (χ4n) is 2.62. The van der Waals surface area contributed by atoms with Gasteiger partial charge in [0.15, 0.2) is 17.3 Å². The molecule has 0 aliphatic rings. The van der Waals surface area contributed by atoms with Gasteiger partial charge in [-0.1, -0.05) is 35.1 Å². The topological polar surface area (TPSA) is 115 Å². The van der Waals surface area contributed by atoms with E-state index < -0.39 is 0 Å². The Kier molecular flexibility index (Phi) is 8.73. The average Bonchev–Trinajstić information content (AvgIpc) is 3.49. The van der Waals surface area contributed by atoms with Crippen LogP contribution in [-0.4, -0.2) is 39.6 Å². The van der Waals surface area contributed by atoms with Gasteiger partial charge in [-0.25, -0.2) is 24.7 Å². The number of hydrogen-bond donors (Lipinski definition) is 2. The predicted octanol–water partition coefficient (Wildman–Crippen LogP) is 5.07. The van der Waals surface area contributed by atoms with Gasteiger partial charge in [0.1, 0.15) is 22.7 Å². The molecule has 172 valence electrons. The fourth-order valence-corrected chi connectivity index (χ4v) is 3.55. The largest absolute Gasteiger partial charge is 0.462 e. The Hall–Kier alpha value is -3.50. The first kappa shape index (κ1) is 24.1. The molecule has 0 saturated heterocycles. The summed E-state index contributed by atoms with van der Waals surface area (Å²) in [5.41, 5.74) is 2.53. The lowest BCUT2D eigenvalue weighted by Gasteiger charge is -2.06. The van der Waals surface area contributed by atoms with Crippen LogP contribution in [0.1, 0.15) is 27.9 Å². The number of oxazole rings is 1. The van der Waals surface area contributed by atoms with Gasteiger partial charge in [0.2, 0.25) is 0 Å². The Morgan fingerprint density at radius 1 is 1.24 bits per heavy atom. The Morgan fingerprint density at radius 3 is 2.67 bits per heavy atom. The minimum Gasteiger partial charge on any atom is -0.462 e. The third-order valence-electron chi connectivity index (χ3n) is 4.21. The van der Waals surface area contributed by atoms with E-state index in [1.807, 2.05) is 30.3 Å². The molecule has 3 aromatic heterocycles. The highest BCUT2D eigenvalue weighted by molar-refractivity contribution is 7.17. The molecule has 2 N–H and O–H groups in total. The van der Waals surface area contributed by atoms with Crippen LogP contribution in [0.25, 0.3) is 11.5 Å². The minimum atomic E-state index is -0.293. The summed E-state index contributed by atoms with van der Waals surface area (Å²) >= 11 is 7.16. The smallest absolute Gasteiger partial charge is 0.350 e. The molecule has 0 saturated carbocycles. The molecule has 0 atom stereocenters. The normalized spacial score (nSPS) is 10.2. The van der Waals surface area contributed by atoms with E-state index in [0.29, 0.717) is 35.2 Å². The maximum atomic E-state index is 11.3. The van der Waals surface area contributed by atoms with Crippen LogP contribution in [0.15, 0.2) is 53.7 Å². The van der Waals surface area contributed by atoms with Crippen molar-refractivity contribution in [3.05, 3.63) is 70.4 Å². The zero-order valence-corrected chi connectivity index (χ0v) is 19.9. The van der Waals surface area contributed by atoms with Crippen LogP contribution in [0.5, 0.6) is 0 Å². The average molecular weight is 487 g/mol. The van der Waals surface area contributed by atoms with E-state index in [4.69, 9.17) is 20.8 Å². The van der Waals surface area contributed by atoms with Crippen molar-refractivity contribution in [2.45, 2.75) is 20.4 Å². The van der Waals surface area contributed by atoms with Crippen LogP contribution in [0.4, 0.5) is 10.9 Å². The van der Waals surface area contributed by atoms with Crippen LogP contribution >= 0.6 is 22.9 Å². The number of anilines is 2. The molecular formula is C22H23ClN6O3S. The summed E-state index contributed by atoms with van der Waals surface area (Å²) in [7, 11) is 1.77. The van der Waals surface area contributed by atoms with Crippen molar-refractivity contribution in [3.63, 3.8) is 0 Å². The van der Waals surface area contributed by atoms with Crippen LogP contribution in [0.2, 0.25) is 5.02 Å². The van der Waals surface area contributed by atoms with Gasteiger partial charge in [0.25, 0.3) is 0 Å². The summed E-state index contributed by atoms with van der Waals surface area (Å²) in [4.78, 5) is 28.2. The van der Waals surface area contributed by atoms with Gasteiger partial charge in [-0.05, 0) is 31.5 Å². The molecule has 4 aromatic rings. The molecule has 0 bridgehead atoms. The highest BCUT2D eigenvalue weighted by Gasteiger charge is 2.15. The molecule has 1 aromatic carbocycles. The van der Waals surface area contributed by atoms with Crippen LogP contribution in [0.3, 0.4) is 0 Å². The summed E-state index contributed by atoms with van der Waals surface area (Å²) in [5, 5.41) is 7.57. The van der Waals surface area contributed by atoms with E-state index in [2.05, 4.69) is 30.6 Å². The maximum Gasteiger partial charge on any atom is 0.350 e. The number of carbonyl (C=O) groups is 1. The molecule has 11 heteroatoms. The Bertz CT molecular complexity index is 1170. The molecular weight excluding hydrogens is 464 g/mol. The predicted molar refractivity (Wildman–Crippen MR) is 129 cm³/mol. The van der Waals surface area contributed by atoms with E-state index >= 15 is 0 Å². The zero-order chi connectivity index (χ0) is 23.6. The van der Waals surface area contributed by atoms with Crippen LogP contribution < -0.4 is 10.6 Å². The number of carbonyl (C=O) groups excluding carboxylic acids is 1. The van der Waals surface area contributed by atoms with Crippen LogP contribution in [-0.2, 0) is 11.3 Å². The van der Waals surface area contributed by atoms with Crippen molar-refractivity contribution in [2.75, 3.05) is 24.3 Å². The van der Waals surface area contributed by atoms with Crippen molar-refractivity contribution >= 4 is 39.9 Å². The number of aryl methyl sites for hydroxylation is 1. The number of hydrogen-bond acceptors (Lipinski definition) is 10. The highest BCUT2D eigenvalue weighted by atomic mass is 35.5. The number of halogens is 1. The molecule has 0 unspecified atom stereocenters. The van der Waals surface area contributed by atoms with Crippen molar-refractivity contribution < 1.29 is 13.9 Å². The Labute approximate surface area is 200 Å². The lowest BCUT2D eigenvalue weighted by atomic mass is 10.2. The number of ether oxygens (including phenoxy) is 1. The number of benzene rings is 1. The fraction of sp³-hybridized carbons (Fsp3) is 0.227. The SMILES string of the molecule is CCOC(=O)c1sc(NC)nc1C.Clc1ccc(CNc2cc(-c3cnco3)ncn2)cc1. The van der Waals surface area contributed by atoms with E-state index in [9.17, 15) is 4.79 Å². The Balaban J connectivity index is 0.000000205. The molecule has 4 rings (SSSR count). The number of thiazole rings is 1. The summed E-state index contributed by atoms with van der Waals surface area (Å²) in [6.45, 7) is 4.63. The van der Waals surface area contributed by atoms with Gasteiger partial charge in [-0.15, -0.1) is 0 Å². The molecule has 0 radical (unpaired) electrons. The number of aromatic nitrogens is 4. The molecule has 0 aliphatic heterocycles. The minimum absolute atomic E-state index is 0.293. The highest BCUT2D eigenvalue weighted by Crippen LogP contribution is 2.22. The molecule has 9 nitrogen and oxygen atoms in total. The van der Waals surface area contributed by atoms with Gasteiger partial charge in [-0.2, -0.15) is 0 Å². The van der Waals surface area contributed by atoms with E-state index in [0.717, 1.165) is 21.5 Å². The summed E-state index contributed by atoms with van der Waals surface area (Å²) in [5.74, 6) is 1.04. The van der Waals surface area contributed by atoms with Crippen molar-refractivity contribution in [2.24, 2.45) is 0 Å². The summed E-state index contributed by atoms with van der Waals surface area (Å²) in [6.07, 6.45) is 4.48. The lowest BCUT2D eigenvalue weighted by molar-refractivity contribution is 0.0531. The number of rotatable bonds is 7. The van der Waals surface area contributed by atoms with E-state index in [1.54, 1.807) is 27.1 Å². The molecule has 33 heavy (non-hydrogen) atoms. The first-order valence-corrected chi connectivity index (χ1v) is 11.2. The summed E-state index contributed by atoms with van der Waals surface area (Å²) < 4.78 is 10.1. The third-order valence-corrected chi connectivity index (χ3v) is 5.62. The van der Waals surface area contributed by atoms with E-state index in [1.165, 1.54) is 24.1 Å². The first-order chi connectivity index (χ1) is 16.0. The van der Waals surface area contributed by atoms with Crippen molar-refractivity contribution in [3.8, 4) is 11.5 Å². The van der Waals surface area contributed by atoms with Gasteiger partial charge < -0.3 is 19.8 Å². The third kappa shape index (κ3) is 6.99. The first-order valence-electron chi connectivity index (χ1n) is 10.0. The number of esters is 1. The second kappa shape index (κ2) is 11.9. The van der Waals surface area contributed by atoms with Gasteiger partial charge in [0, 0.05) is 24.7 Å². The van der Waals surface area contributed by atoms with Crippen molar-refractivity contribution in [1.29, 1.82) is 0 Å². The van der Waals surface area contributed by atoms with Gasteiger partial charge in [-0.3, -0.25) is 0 Å². The molecule has 0 aliphatic carbocycles. The standard InChI is InChI=1S/C14H11ClN4O.C8H12N2O2S/c15-11-3-1-10(2-4-11)6-17-14-5-12(18-8-19-14)13-7-16-9-20-13;1-4-12-7(11)6-5(2)10-8(9-3)13-6/h1-5,7-9H,6H2,(H,17,18,19);4H2,1-3H3,(H,9,10). The number of nitrogens with zero attached hydrogens (tertiary/aromatic N) is 4. The maximum absolute atomic E-state index is 11.3. The second-order valence-corrected chi connectivity index (χ2v) is 7.97. The monoisotopic (exact) mass is 486 g/mol. The van der Waals surface area contributed by atoms with Gasteiger partial charge in [0.05, 0.1) is 18.5 Å². The van der Waals surface area contributed by atoms with Gasteiger partial charge >= 0.3 is 5.97 Å². The van der Waals surface area contributed by atoms with Crippen molar-refractivity contribution in [1.82, 2.24) is 19.9 Å². The molecule has 0 spiro atoms.